The van der Waals surface area contributed by atoms with Gasteiger partial charge in [0.1, 0.15) is 17.5 Å². The van der Waals surface area contributed by atoms with Gasteiger partial charge < -0.3 is 16.0 Å². The lowest BCUT2D eigenvalue weighted by Gasteiger charge is -2.27. The quantitative estimate of drug-likeness (QED) is 0.842. The molecule has 2 heterocycles. The first kappa shape index (κ1) is 11.7. The van der Waals surface area contributed by atoms with Crippen LogP contribution in [0.3, 0.4) is 0 Å². The Morgan fingerprint density at radius 1 is 1.33 bits per heavy atom. The molecule has 0 bridgehead atoms. The zero-order valence-corrected chi connectivity index (χ0v) is 10.9. The minimum atomic E-state index is 0.281. The van der Waals surface area contributed by atoms with Crippen molar-refractivity contribution in [3.63, 3.8) is 0 Å². The summed E-state index contributed by atoms with van der Waals surface area (Å²) in [7, 11) is 0. The predicted molar refractivity (Wildman–Crippen MR) is 72.8 cm³/mol. The van der Waals surface area contributed by atoms with Gasteiger partial charge in [-0.2, -0.15) is 0 Å². The molecule has 2 fully saturated rings. The number of rotatable bonds is 3. The van der Waals surface area contributed by atoms with Crippen molar-refractivity contribution < 1.29 is 0 Å². The Kier molecular flexibility index (Phi) is 3.07. The first-order valence-electron chi connectivity index (χ1n) is 6.83. The molecule has 0 amide bonds. The molecule has 0 radical (unpaired) electrons. The summed E-state index contributed by atoms with van der Waals surface area (Å²) in [5.74, 6) is 2.80. The van der Waals surface area contributed by atoms with Gasteiger partial charge in [0, 0.05) is 31.2 Å². The van der Waals surface area contributed by atoms with Gasteiger partial charge in [-0.15, -0.1) is 0 Å². The summed E-state index contributed by atoms with van der Waals surface area (Å²) < 4.78 is 0. The van der Waals surface area contributed by atoms with Gasteiger partial charge in [-0.05, 0) is 32.6 Å². The third-order valence-electron chi connectivity index (χ3n) is 3.83. The maximum absolute atomic E-state index is 5.95. The monoisotopic (exact) mass is 247 g/mol. The fraction of sp³-hybridized carbons (Fsp3) is 0.692. The average Bonchev–Trinajstić information content (AvgIpc) is 2.70. The Labute approximate surface area is 108 Å². The van der Waals surface area contributed by atoms with E-state index in [1.807, 2.05) is 6.92 Å². The molecule has 98 valence electrons. The maximum atomic E-state index is 5.95. The molecule has 1 unspecified atom stereocenters. The second-order valence-corrected chi connectivity index (χ2v) is 5.43. The molecule has 3 N–H and O–H groups in total. The van der Waals surface area contributed by atoms with Crippen LogP contribution in [0.25, 0.3) is 0 Å². The Bertz CT molecular complexity index is 429. The van der Waals surface area contributed by atoms with Crippen molar-refractivity contribution in [2.24, 2.45) is 5.73 Å². The number of hydrogen-bond acceptors (Lipinski definition) is 5. The minimum absolute atomic E-state index is 0.281. The van der Waals surface area contributed by atoms with E-state index in [0.717, 1.165) is 37.0 Å². The topological polar surface area (TPSA) is 67.1 Å². The molecule has 5 nitrogen and oxygen atoms in total. The van der Waals surface area contributed by atoms with E-state index >= 15 is 0 Å². The van der Waals surface area contributed by atoms with Crippen molar-refractivity contribution >= 4 is 11.6 Å². The van der Waals surface area contributed by atoms with Crippen LogP contribution in [0.2, 0.25) is 0 Å². The van der Waals surface area contributed by atoms with Crippen LogP contribution in [-0.4, -0.2) is 35.1 Å². The van der Waals surface area contributed by atoms with Crippen molar-refractivity contribution in [1.29, 1.82) is 0 Å². The van der Waals surface area contributed by atoms with Crippen LogP contribution in [-0.2, 0) is 0 Å². The van der Waals surface area contributed by atoms with Gasteiger partial charge in [0.05, 0.1) is 0 Å². The summed E-state index contributed by atoms with van der Waals surface area (Å²) >= 11 is 0. The van der Waals surface area contributed by atoms with Gasteiger partial charge in [-0.1, -0.05) is 0 Å². The standard InChI is InChI=1S/C13H21N5/c1-9-15-12(17-11-3-2-4-11)7-13(16-9)18-6-5-10(14)8-18/h7,10-11H,2-6,8,14H2,1H3,(H,15,16,17). The number of anilines is 2. The van der Waals surface area contributed by atoms with E-state index in [9.17, 15) is 0 Å². The second kappa shape index (κ2) is 4.72. The lowest BCUT2D eigenvalue weighted by molar-refractivity contribution is 0.444. The van der Waals surface area contributed by atoms with Crippen LogP contribution < -0.4 is 16.0 Å². The molecule has 1 saturated heterocycles. The fourth-order valence-corrected chi connectivity index (χ4v) is 2.54. The second-order valence-electron chi connectivity index (χ2n) is 5.43. The van der Waals surface area contributed by atoms with Gasteiger partial charge in [0.2, 0.25) is 0 Å². The van der Waals surface area contributed by atoms with Crippen LogP contribution in [0.1, 0.15) is 31.5 Å². The summed E-state index contributed by atoms with van der Waals surface area (Å²) in [6.45, 7) is 3.85. The first-order valence-corrected chi connectivity index (χ1v) is 6.83. The molecule has 2 aliphatic rings. The predicted octanol–water partition coefficient (Wildman–Crippen LogP) is 1.29. The van der Waals surface area contributed by atoms with E-state index in [4.69, 9.17) is 5.73 Å². The van der Waals surface area contributed by atoms with E-state index in [0.29, 0.717) is 6.04 Å². The Hall–Kier alpha value is -1.36. The Morgan fingerprint density at radius 3 is 2.78 bits per heavy atom. The molecule has 1 aromatic heterocycles. The lowest BCUT2D eigenvalue weighted by Crippen LogP contribution is -2.29. The van der Waals surface area contributed by atoms with Gasteiger partial charge in [0.25, 0.3) is 0 Å². The van der Waals surface area contributed by atoms with Crippen molar-refractivity contribution in [2.45, 2.75) is 44.7 Å². The number of aryl methyl sites for hydroxylation is 1. The van der Waals surface area contributed by atoms with E-state index < -0.39 is 0 Å². The van der Waals surface area contributed by atoms with Crippen molar-refractivity contribution in [2.75, 3.05) is 23.3 Å². The SMILES string of the molecule is Cc1nc(NC2CCC2)cc(N2CCC(N)C2)n1. The number of aromatic nitrogens is 2. The van der Waals surface area contributed by atoms with Gasteiger partial charge in [-0.25, -0.2) is 9.97 Å². The molecule has 0 aromatic carbocycles. The van der Waals surface area contributed by atoms with Crippen molar-refractivity contribution in [3.05, 3.63) is 11.9 Å². The largest absolute Gasteiger partial charge is 0.367 e. The van der Waals surface area contributed by atoms with Crippen molar-refractivity contribution in [1.82, 2.24) is 9.97 Å². The molecule has 3 rings (SSSR count). The van der Waals surface area contributed by atoms with E-state index in [1.165, 1.54) is 19.3 Å². The zero-order chi connectivity index (χ0) is 12.5. The summed E-state index contributed by atoms with van der Waals surface area (Å²) in [5, 5.41) is 3.49. The van der Waals surface area contributed by atoms with E-state index in [2.05, 4.69) is 26.3 Å². The van der Waals surface area contributed by atoms with Crippen LogP contribution in [0.4, 0.5) is 11.6 Å². The molecule has 18 heavy (non-hydrogen) atoms. The van der Waals surface area contributed by atoms with Gasteiger partial charge in [0.15, 0.2) is 0 Å². The zero-order valence-electron chi connectivity index (χ0n) is 10.9. The van der Waals surface area contributed by atoms with E-state index in [1.54, 1.807) is 0 Å². The highest BCUT2D eigenvalue weighted by Crippen LogP contribution is 2.25. The van der Waals surface area contributed by atoms with Crippen LogP contribution in [0.5, 0.6) is 0 Å². The smallest absolute Gasteiger partial charge is 0.134 e. The molecule has 1 atom stereocenters. The molecular weight excluding hydrogens is 226 g/mol. The summed E-state index contributed by atoms with van der Waals surface area (Å²) in [6, 6.07) is 2.94. The third-order valence-corrected chi connectivity index (χ3v) is 3.83. The molecule has 1 aromatic rings. The van der Waals surface area contributed by atoms with Gasteiger partial charge in [-0.3, -0.25) is 0 Å². The number of nitrogens with two attached hydrogens (primary N) is 1. The van der Waals surface area contributed by atoms with Crippen molar-refractivity contribution in [3.8, 4) is 0 Å². The molecule has 5 heteroatoms. The van der Waals surface area contributed by atoms with Gasteiger partial charge >= 0.3 is 0 Å². The Balaban J connectivity index is 1.76. The average molecular weight is 247 g/mol. The maximum Gasteiger partial charge on any atom is 0.134 e. The summed E-state index contributed by atoms with van der Waals surface area (Å²) in [4.78, 5) is 11.2. The highest BCUT2D eigenvalue weighted by atomic mass is 15.2. The number of hydrogen-bond donors (Lipinski definition) is 2. The molecule has 1 saturated carbocycles. The highest BCUT2D eigenvalue weighted by molar-refractivity contribution is 5.50. The molecular formula is C13H21N5. The van der Waals surface area contributed by atoms with Crippen LogP contribution in [0, 0.1) is 6.92 Å². The van der Waals surface area contributed by atoms with E-state index in [-0.39, 0.29) is 6.04 Å². The van der Waals surface area contributed by atoms with Crippen LogP contribution >= 0.6 is 0 Å². The molecule has 0 spiro atoms. The molecule has 1 aliphatic heterocycles. The normalized spacial score (nSPS) is 24.1. The number of nitrogens with one attached hydrogen (secondary N) is 1. The highest BCUT2D eigenvalue weighted by Gasteiger charge is 2.22. The first-order chi connectivity index (χ1) is 8.70. The number of nitrogens with zero attached hydrogens (tertiary/aromatic N) is 3. The lowest BCUT2D eigenvalue weighted by atomic mass is 9.93. The minimum Gasteiger partial charge on any atom is -0.367 e. The van der Waals surface area contributed by atoms with Crippen LogP contribution in [0.15, 0.2) is 6.07 Å². The Morgan fingerprint density at radius 2 is 2.17 bits per heavy atom. The fourth-order valence-electron chi connectivity index (χ4n) is 2.54. The third kappa shape index (κ3) is 2.41. The summed E-state index contributed by atoms with van der Waals surface area (Å²) in [6.07, 6.45) is 4.89. The molecule has 1 aliphatic carbocycles. The summed E-state index contributed by atoms with van der Waals surface area (Å²) in [5.41, 5.74) is 5.95.